The molecule has 2 N–H and O–H groups in total. The third-order valence-electron chi connectivity index (χ3n) is 6.82. The van der Waals surface area contributed by atoms with Gasteiger partial charge >= 0.3 is 0 Å². The smallest absolute Gasteiger partial charge is 0.267 e. The van der Waals surface area contributed by atoms with Gasteiger partial charge in [0.25, 0.3) is 5.91 Å². The number of hydrogen-bond acceptors (Lipinski definition) is 9. The minimum atomic E-state index is -0.353. The second-order valence-corrected chi connectivity index (χ2v) is 11.0. The van der Waals surface area contributed by atoms with E-state index >= 15 is 0 Å². The number of nitrogens with one attached hydrogen (secondary N) is 1. The van der Waals surface area contributed by atoms with Crippen LogP contribution in [0.1, 0.15) is 31.2 Å². The Balaban J connectivity index is 1.19. The number of aromatic nitrogens is 7. The molecule has 13 heteroatoms. The Morgan fingerprint density at radius 1 is 1.25 bits per heavy atom. The molecular weight excluding hydrogens is 528 g/mol. The minimum Gasteiger partial charge on any atom is -0.429 e. The molecule has 0 aromatic carbocycles. The fraction of sp³-hybridized carbons (Fsp3) is 0.333. The summed E-state index contributed by atoms with van der Waals surface area (Å²) >= 11 is 1.43. The Labute approximate surface area is 234 Å². The standard InChI is InChI=1S/C27H30N10O2S/c1-18-4-3-7-34(13-18)16-22-10-25(40-33-22)32-26-27-28-12-23(37(27)14-19(2)30-26)20-11-29-35(15-20)17-24(38)31-21-5-8-36(39)9-6-21/h5-6,8-12,14-15,18,39H,3-4,7,13,16-17H2,1-2H3,(H,30,32). The Bertz CT molecular complexity index is 1710. The van der Waals surface area contributed by atoms with Crippen molar-refractivity contribution in [2.45, 2.75) is 39.8 Å². The van der Waals surface area contributed by atoms with Gasteiger partial charge in [-0.25, -0.2) is 19.7 Å². The lowest BCUT2D eigenvalue weighted by atomic mass is 10.0. The van der Waals surface area contributed by atoms with Crippen molar-refractivity contribution in [2.24, 2.45) is 10.9 Å². The van der Waals surface area contributed by atoms with Crippen LogP contribution in [0.3, 0.4) is 0 Å². The van der Waals surface area contributed by atoms with E-state index in [1.54, 1.807) is 35.4 Å². The summed E-state index contributed by atoms with van der Waals surface area (Å²) < 4.78 is 9.08. The van der Waals surface area contributed by atoms with E-state index in [1.165, 1.54) is 36.8 Å². The highest BCUT2D eigenvalue weighted by atomic mass is 32.1. The summed E-state index contributed by atoms with van der Waals surface area (Å²) in [6.45, 7) is 7.35. The fourth-order valence-corrected chi connectivity index (χ4v) is 5.67. The number of rotatable bonds is 7. The molecule has 0 bridgehead atoms. The molecule has 1 atom stereocenters. The highest BCUT2D eigenvalue weighted by Crippen LogP contribution is 2.28. The van der Waals surface area contributed by atoms with E-state index < -0.39 is 0 Å². The first kappa shape index (κ1) is 25.9. The molecule has 5 aromatic heterocycles. The number of amides is 1. The highest BCUT2D eigenvalue weighted by Gasteiger charge is 2.18. The van der Waals surface area contributed by atoms with E-state index in [-0.39, 0.29) is 12.5 Å². The number of pyridine rings is 1. The van der Waals surface area contributed by atoms with Crippen molar-refractivity contribution >= 4 is 33.9 Å². The Kier molecular flexibility index (Phi) is 7.13. The molecule has 12 nitrogen and oxygen atoms in total. The predicted molar refractivity (Wildman–Crippen MR) is 150 cm³/mol. The summed E-state index contributed by atoms with van der Waals surface area (Å²) in [7, 11) is 0. The summed E-state index contributed by atoms with van der Waals surface area (Å²) in [4.78, 5) is 28.3. The van der Waals surface area contributed by atoms with Crippen LogP contribution in [0.4, 0.5) is 10.8 Å². The topological polar surface area (TPSA) is 131 Å². The van der Waals surface area contributed by atoms with Gasteiger partial charge in [0.15, 0.2) is 11.5 Å². The predicted octanol–water partition coefficient (Wildman–Crippen LogP) is 3.50. The van der Waals surface area contributed by atoms with Crippen molar-refractivity contribution < 1.29 is 10.0 Å². The van der Waals surface area contributed by atoms with Gasteiger partial charge in [-0.2, -0.15) is 9.47 Å². The molecule has 0 aliphatic carbocycles. The molecule has 40 heavy (non-hydrogen) atoms. The van der Waals surface area contributed by atoms with Gasteiger partial charge in [0.2, 0.25) is 0 Å². The number of piperidine rings is 1. The van der Waals surface area contributed by atoms with Crippen LogP contribution >= 0.6 is 11.5 Å². The molecule has 1 aliphatic heterocycles. The number of likely N-dealkylation sites (tertiary alicyclic amines) is 1. The number of imidazole rings is 1. The van der Waals surface area contributed by atoms with Crippen molar-refractivity contribution in [1.82, 2.24) is 38.2 Å². The van der Waals surface area contributed by atoms with Crippen LogP contribution in [-0.2, 0) is 17.9 Å². The van der Waals surface area contributed by atoms with Gasteiger partial charge in [0, 0.05) is 43.4 Å². The molecule has 0 spiro atoms. The van der Waals surface area contributed by atoms with E-state index in [0.29, 0.717) is 16.8 Å². The van der Waals surface area contributed by atoms with Crippen molar-refractivity contribution in [3.05, 3.63) is 72.1 Å². The van der Waals surface area contributed by atoms with Crippen LogP contribution < -0.4 is 10.7 Å². The Morgan fingerprint density at radius 2 is 2.10 bits per heavy atom. The second-order valence-electron chi connectivity index (χ2n) is 10.2. The van der Waals surface area contributed by atoms with E-state index in [0.717, 1.165) is 57.9 Å². The van der Waals surface area contributed by atoms with Crippen molar-refractivity contribution in [2.75, 3.05) is 18.4 Å². The normalized spacial score (nSPS) is 15.9. The molecule has 6 rings (SSSR count). The third-order valence-corrected chi connectivity index (χ3v) is 7.56. The number of anilines is 2. The lowest BCUT2D eigenvalue weighted by Crippen LogP contribution is -2.33. The number of nitrogens with zero attached hydrogens (tertiary/aromatic N) is 9. The number of carbonyl (C=O) groups excluding carboxylic acids is 1. The Hall–Kier alpha value is -4.36. The van der Waals surface area contributed by atoms with Crippen molar-refractivity contribution in [1.29, 1.82) is 0 Å². The molecule has 1 unspecified atom stereocenters. The molecular formula is C27H30N10O2S. The first-order valence-corrected chi connectivity index (χ1v) is 13.9. The number of fused-ring (bicyclic) bond motifs is 1. The third kappa shape index (κ3) is 5.80. The SMILES string of the molecule is Cc1cn2c(-c3cnn(CC(=O)N=c4ccn(O)cc4)c3)cnc2c(Nc2cc(CN3CCCC(C)C3)ns2)n1. The lowest BCUT2D eigenvalue weighted by Gasteiger charge is -2.30. The molecule has 5 aromatic rings. The van der Waals surface area contributed by atoms with Gasteiger partial charge in [0.05, 0.1) is 34.8 Å². The maximum atomic E-state index is 12.4. The van der Waals surface area contributed by atoms with Crippen LogP contribution in [0, 0.1) is 12.8 Å². The van der Waals surface area contributed by atoms with Crippen LogP contribution in [0.15, 0.2) is 60.4 Å². The zero-order chi connectivity index (χ0) is 27.6. The zero-order valence-electron chi connectivity index (χ0n) is 22.3. The summed E-state index contributed by atoms with van der Waals surface area (Å²) in [5.74, 6) is 1.03. The summed E-state index contributed by atoms with van der Waals surface area (Å²) in [5.41, 5.74) is 4.22. The fourth-order valence-electron chi connectivity index (χ4n) is 5.01. The zero-order valence-corrected chi connectivity index (χ0v) is 23.1. The monoisotopic (exact) mass is 558 g/mol. The van der Waals surface area contributed by atoms with Gasteiger partial charge in [-0.05, 0) is 62.0 Å². The molecule has 0 saturated carbocycles. The van der Waals surface area contributed by atoms with E-state index in [2.05, 4.69) is 42.7 Å². The molecule has 1 amide bonds. The molecule has 1 aliphatic rings. The van der Waals surface area contributed by atoms with E-state index in [9.17, 15) is 10.0 Å². The molecule has 0 radical (unpaired) electrons. The number of carbonyl (C=O) groups is 1. The maximum absolute atomic E-state index is 12.4. The van der Waals surface area contributed by atoms with Crippen LogP contribution in [-0.4, -0.2) is 62.4 Å². The number of hydrogen-bond donors (Lipinski definition) is 2. The Morgan fingerprint density at radius 3 is 2.92 bits per heavy atom. The molecule has 1 saturated heterocycles. The van der Waals surface area contributed by atoms with Gasteiger partial charge in [-0.15, -0.1) is 0 Å². The van der Waals surface area contributed by atoms with Gasteiger partial charge in [-0.1, -0.05) is 6.92 Å². The summed E-state index contributed by atoms with van der Waals surface area (Å²) in [6.07, 6.45) is 12.6. The van der Waals surface area contributed by atoms with Gasteiger partial charge in [0.1, 0.15) is 11.5 Å². The molecule has 6 heterocycles. The average Bonchev–Trinajstić information content (AvgIpc) is 3.66. The molecule has 1 fully saturated rings. The van der Waals surface area contributed by atoms with E-state index in [1.807, 2.05) is 17.5 Å². The first-order chi connectivity index (χ1) is 19.4. The summed E-state index contributed by atoms with van der Waals surface area (Å²) in [5, 5.41) is 18.5. The van der Waals surface area contributed by atoms with Crippen molar-refractivity contribution in [3.63, 3.8) is 0 Å². The minimum absolute atomic E-state index is 0.0117. The van der Waals surface area contributed by atoms with Gasteiger partial charge in [-0.3, -0.25) is 18.8 Å². The largest absolute Gasteiger partial charge is 0.429 e. The van der Waals surface area contributed by atoms with Gasteiger partial charge < -0.3 is 10.5 Å². The van der Waals surface area contributed by atoms with Crippen LogP contribution in [0.25, 0.3) is 16.9 Å². The lowest BCUT2D eigenvalue weighted by molar-refractivity contribution is -0.118. The quantitative estimate of drug-likeness (QED) is 0.290. The average molecular weight is 559 g/mol. The first-order valence-electron chi connectivity index (χ1n) is 13.2. The van der Waals surface area contributed by atoms with Crippen LogP contribution in [0.2, 0.25) is 0 Å². The summed E-state index contributed by atoms with van der Waals surface area (Å²) in [6, 6.07) is 5.20. The number of aryl methyl sites for hydroxylation is 1. The van der Waals surface area contributed by atoms with Crippen molar-refractivity contribution in [3.8, 4) is 11.3 Å². The maximum Gasteiger partial charge on any atom is 0.267 e. The van der Waals surface area contributed by atoms with Crippen LogP contribution in [0.5, 0.6) is 0 Å². The molecule has 206 valence electrons. The second kappa shape index (κ2) is 11.0. The highest BCUT2D eigenvalue weighted by molar-refractivity contribution is 7.10. The van der Waals surface area contributed by atoms with E-state index in [4.69, 9.17) is 4.98 Å².